The van der Waals surface area contributed by atoms with Gasteiger partial charge in [-0.1, -0.05) is 60.1 Å². The van der Waals surface area contributed by atoms with Gasteiger partial charge in [0.1, 0.15) is 17.0 Å². The minimum Gasteiger partial charge on any atom is -0.496 e. The molecule has 5 rings (SSSR count). The highest BCUT2D eigenvalue weighted by molar-refractivity contribution is 6.30. The second-order valence-electron chi connectivity index (χ2n) is 8.96. The molecule has 178 valence electrons. The monoisotopic (exact) mass is 487 g/mol. The summed E-state index contributed by atoms with van der Waals surface area (Å²) in [6.07, 6.45) is 0. The van der Waals surface area contributed by atoms with Crippen molar-refractivity contribution in [2.75, 3.05) is 7.11 Å². The number of ether oxygens (including phenoxy) is 1. The Hall–Kier alpha value is -3.77. The number of carbonyl (C=O) groups is 2. The molecule has 1 atom stereocenters. The number of nitrogens with one attached hydrogen (secondary N) is 1. The summed E-state index contributed by atoms with van der Waals surface area (Å²) in [5, 5.41) is 4.61. The molecule has 0 saturated carbocycles. The van der Waals surface area contributed by atoms with E-state index >= 15 is 0 Å². The van der Waals surface area contributed by atoms with Crippen molar-refractivity contribution in [2.24, 2.45) is 0 Å². The Morgan fingerprint density at radius 2 is 1.83 bits per heavy atom. The summed E-state index contributed by atoms with van der Waals surface area (Å²) in [7, 11) is 1.60. The van der Waals surface area contributed by atoms with Gasteiger partial charge in [-0.25, -0.2) is 0 Å². The van der Waals surface area contributed by atoms with Crippen LogP contribution < -0.4 is 10.1 Å². The summed E-state index contributed by atoms with van der Waals surface area (Å²) < 4.78 is 7.38. The van der Waals surface area contributed by atoms with Gasteiger partial charge in [0.2, 0.25) is 5.91 Å². The molecule has 4 aromatic rings. The highest BCUT2D eigenvalue weighted by atomic mass is 35.5. The summed E-state index contributed by atoms with van der Waals surface area (Å²) in [5.74, 6) is 0.275. The van der Waals surface area contributed by atoms with Crippen LogP contribution in [0.4, 0.5) is 0 Å². The number of para-hydroxylation sites is 2. The van der Waals surface area contributed by atoms with Gasteiger partial charge in [0.05, 0.1) is 13.7 Å². The van der Waals surface area contributed by atoms with Crippen LogP contribution in [0.15, 0.2) is 78.9 Å². The number of amides is 2. The molecule has 0 unspecified atom stereocenters. The van der Waals surface area contributed by atoms with Crippen LogP contribution in [-0.2, 0) is 24.4 Å². The third-order valence-corrected chi connectivity index (χ3v) is 6.92. The SMILES string of the molecule is COc1ccccc1CNC(=O)[C@]1(C)Cn2c(cc3ccccc32)C(=O)N1Cc1cccc(Cl)c1. The number of hydrogen-bond acceptors (Lipinski definition) is 3. The summed E-state index contributed by atoms with van der Waals surface area (Å²) in [5.41, 5.74) is 2.10. The van der Waals surface area contributed by atoms with E-state index < -0.39 is 5.54 Å². The molecule has 1 aliphatic rings. The molecule has 35 heavy (non-hydrogen) atoms. The minimum atomic E-state index is -1.13. The van der Waals surface area contributed by atoms with Crippen LogP contribution in [-0.4, -0.2) is 33.9 Å². The average molecular weight is 488 g/mol. The predicted octanol–water partition coefficient (Wildman–Crippen LogP) is 5.03. The highest BCUT2D eigenvalue weighted by Gasteiger charge is 2.47. The number of benzene rings is 3. The van der Waals surface area contributed by atoms with Crippen LogP contribution in [0.2, 0.25) is 5.02 Å². The highest BCUT2D eigenvalue weighted by Crippen LogP contribution is 2.34. The van der Waals surface area contributed by atoms with Gasteiger partial charge in [0, 0.05) is 34.6 Å². The molecule has 0 bridgehead atoms. The maximum Gasteiger partial charge on any atom is 0.271 e. The largest absolute Gasteiger partial charge is 0.496 e. The lowest BCUT2D eigenvalue weighted by Crippen LogP contribution is -2.63. The molecule has 1 aliphatic heterocycles. The first kappa shape index (κ1) is 23.0. The number of carbonyl (C=O) groups excluding carboxylic acids is 2. The Bertz CT molecular complexity index is 1430. The number of aromatic nitrogens is 1. The van der Waals surface area contributed by atoms with E-state index in [0.717, 1.165) is 22.0 Å². The Balaban J connectivity index is 1.53. The first-order valence-corrected chi connectivity index (χ1v) is 11.8. The van der Waals surface area contributed by atoms with Crippen molar-refractivity contribution >= 4 is 34.3 Å². The van der Waals surface area contributed by atoms with Crippen LogP contribution >= 0.6 is 11.6 Å². The van der Waals surface area contributed by atoms with Crippen LogP contribution in [0, 0.1) is 0 Å². The van der Waals surface area contributed by atoms with E-state index in [9.17, 15) is 9.59 Å². The molecule has 3 aromatic carbocycles. The van der Waals surface area contributed by atoms with E-state index in [-0.39, 0.29) is 24.9 Å². The van der Waals surface area contributed by atoms with Crippen molar-refractivity contribution in [3.05, 3.63) is 101 Å². The van der Waals surface area contributed by atoms with Gasteiger partial charge in [0.15, 0.2) is 0 Å². The molecule has 0 fully saturated rings. The van der Waals surface area contributed by atoms with Gasteiger partial charge < -0.3 is 19.5 Å². The Morgan fingerprint density at radius 1 is 1.06 bits per heavy atom. The lowest BCUT2D eigenvalue weighted by Gasteiger charge is -2.44. The zero-order chi connectivity index (χ0) is 24.6. The maximum absolute atomic E-state index is 13.8. The molecule has 0 aliphatic carbocycles. The molecular weight excluding hydrogens is 462 g/mol. The van der Waals surface area contributed by atoms with Crippen molar-refractivity contribution in [1.29, 1.82) is 0 Å². The van der Waals surface area contributed by atoms with Crippen molar-refractivity contribution in [3.8, 4) is 5.75 Å². The van der Waals surface area contributed by atoms with Gasteiger partial charge in [-0.05, 0) is 42.8 Å². The molecule has 2 amide bonds. The fourth-order valence-corrected chi connectivity index (χ4v) is 5.00. The Labute approximate surface area is 209 Å². The Kier molecular flexibility index (Phi) is 5.99. The molecule has 7 heteroatoms. The number of nitrogens with zero attached hydrogens (tertiary/aromatic N) is 2. The molecule has 0 spiro atoms. The van der Waals surface area contributed by atoms with Crippen LogP contribution in [0.25, 0.3) is 10.9 Å². The van der Waals surface area contributed by atoms with Gasteiger partial charge >= 0.3 is 0 Å². The topological polar surface area (TPSA) is 63.6 Å². The molecule has 2 heterocycles. The second kappa shape index (κ2) is 9.12. The fraction of sp³-hybridized carbons (Fsp3) is 0.214. The first-order chi connectivity index (χ1) is 16.9. The van der Waals surface area contributed by atoms with Crippen molar-refractivity contribution < 1.29 is 14.3 Å². The van der Waals surface area contributed by atoms with Crippen LogP contribution in [0.5, 0.6) is 5.75 Å². The van der Waals surface area contributed by atoms with Crippen LogP contribution in [0.3, 0.4) is 0 Å². The van der Waals surface area contributed by atoms with Crippen molar-refractivity contribution in [3.63, 3.8) is 0 Å². The average Bonchev–Trinajstić information content (AvgIpc) is 3.23. The van der Waals surface area contributed by atoms with Gasteiger partial charge in [-0.2, -0.15) is 0 Å². The summed E-state index contributed by atoms with van der Waals surface area (Å²) >= 11 is 6.21. The summed E-state index contributed by atoms with van der Waals surface area (Å²) in [4.78, 5) is 29.3. The molecule has 0 radical (unpaired) electrons. The van der Waals surface area contributed by atoms with Gasteiger partial charge in [0.25, 0.3) is 5.91 Å². The first-order valence-electron chi connectivity index (χ1n) is 11.5. The van der Waals surface area contributed by atoms with Gasteiger partial charge in [-0.15, -0.1) is 0 Å². The number of halogens is 1. The lowest BCUT2D eigenvalue weighted by atomic mass is 9.93. The van der Waals surface area contributed by atoms with E-state index in [0.29, 0.717) is 23.0 Å². The van der Waals surface area contributed by atoms with Crippen molar-refractivity contribution in [1.82, 2.24) is 14.8 Å². The van der Waals surface area contributed by atoms with E-state index in [2.05, 4.69) is 5.32 Å². The zero-order valence-electron chi connectivity index (χ0n) is 19.6. The van der Waals surface area contributed by atoms with E-state index in [4.69, 9.17) is 16.3 Å². The fourth-order valence-electron chi connectivity index (χ4n) is 4.79. The smallest absolute Gasteiger partial charge is 0.271 e. The van der Waals surface area contributed by atoms with Crippen molar-refractivity contribution in [2.45, 2.75) is 32.1 Å². The zero-order valence-corrected chi connectivity index (χ0v) is 20.4. The predicted molar refractivity (Wildman–Crippen MR) is 137 cm³/mol. The molecule has 1 N–H and O–H groups in total. The normalized spacial score (nSPS) is 17.3. The maximum atomic E-state index is 13.8. The Morgan fingerprint density at radius 3 is 2.63 bits per heavy atom. The molecular formula is C28H26ClN3O3. The lowest BCUT2D eigenvalue weighted by molar-refractivity contribution is -0.133. The molecule has 6 nitrogen and oxygen atoms in total. The van der Waals surface area contributed by atoms with Crippen LogP contribution in [0.1, 0.15) is 28.5 Å². The molecule has 0 saturated heterocycles. The summed E-state index contributed by atoms with van der Waals surface area (Å²) in [6, 6.07) is 24.7. The second-order valence-corrected chi connectivity index (χ2v) is 9.40. The number of hydrogen-bond donors (Lipinski definition) is 1. The number of fused-ring (bicyclic) bond motifs is 3. The standard InChI is InChI=1S/C28H26ClN3O3/c1-28(27(34)30-16-21-10-4-6-13-25(21)35-2)18-31-23-12-5-3-9-20(23)15-24(31)26(33)32(28)17-19-8-7-11-22(29)14-19/h3-15H,16-18H2,1-2H3,(H,30,34)/t28-/m0/s1. The third-order valence-electron chi connectivity index (χ3n) is 6.69. The van der Waals surface area contributed by atoms with E-state index in [1.54, 1.807) is 18.1 Å². The van der Waals surface area contributed by atoms with E-state index in [1.807, 2.05) is 84.3 Å². The minimum absolute atomic E-state index is 0.192. The van der Waals surface area contributed by atoms with E-state index in [1.165, 1.54) is 0 Å². The molecule has 1 aromatic heterocycles. The summed E-state index contributed by atoms with van der Waals surface area (Å²) in [6.45, 7) is 2.71. The number of methoxy groups -OCH3 is 1. The number of rotatable bonds is 6. The quantitative estimate of drug-likeness (QED) is 0.414. The van der Waals surface area contributed by atoms with Gasteiger partial charge in [-0.3, -0.25) is 9.59 Å². The third kappa shape index (κ3) is 4.15.